The summed E-state index contributed by atoms with van der Waals surface area (Å²) >= 11 is 0. The molecule has 1 saturated carbocycles. The fraction of sp³-hybridized carbons (Fsp3) is 0.350. The van der Waals surface area contributed by atoms with E-state index in [9.17, 15) is 4.79 Å². The van der Waals surface area contributed by atoms with E-state index in [2.05, 4.69) is 48.6 Å². The van der Waals surface area contributed by atoms with Crippen molar-refractivity contribution in [3.8, 4) is 0 Å². The number of hydrogen-bond donors (Lipinski definition) is 1. The van der Waals surface area contributed by atoms with E-state index in [0.717, 1.165) is 31.4 Å². The van der Waals surface area contributed by atoms with Crippen molar-refractivity contribution in [1.29, 1.82) is 0 Å². The summed E-state index contributed by atoms with van der Waals surface area (Å²) < 4.78 is 0. The lowest BCUT2D eigenvalue weighted by atomic mass is 9.80. The van der Waals surface area contributed by atoms with Crippen LogP contribution >= 0.6 is 0 Å². The Balaban J connectivity index is 1.92. The molecule has 0 aliphatic heterocycles. The van der Waals surface area contributed by atoms with Crippen molar-refractivity contribution in [2.75, 3.05) is 5.32 Å². The molecule has 0 radical (unpaired) electrons. The third kappa shape index (κ3) is 3.38. The maximum Gasteiger partial charge on any atom is 0.138 e. The summed E-state index contributed by atoms with van der Waals surface area (Å²) in [6.45, 7) is 2.10. The summed E-state index contributed by atoms with van der Waals surface area (Å²) in [6, 6.07) is 18.8. The highest BCUT2D eigenvalue weighted by atomic mass is 16.1. The molecule has 0 bridgehead atoms. The van der Waals surface area contributed by atoms with Crippen LogP contribution in [0.25, 0.3) is 0 Å². The molecule has 2 nitrogen and oxygen atoms in total. The molecule has 0 heterocycles. The van der Waals surface area contributed by atoms with Crippen molar-refractivity contribution in [1.82, 2.24) is 0 Å². The summed E-state index contributed by atoms with van der Waals surface area (Å²) in [5.74, 6) is 0.483. The summed E-state index contributed by atoms with van der Waals surface area (Å²) in [5.41, 5.74) is 3.53. The van der Waals surface area contributed by atoms with Gasteiger partial charge in [-0.05, 0) is 37.5 Å². The van der Waals surface area contributed by atoms with Crippen molar-refractivity contribution in [3.63, 3.8) is 0 Å². The van der Waals surface area contributed by atoms with Crippen molar-refractivity contribution in [3.05, 3.63) is 65.7 Å². The minimum atomic E-state index is 0.0649. The van der Waals surface area contributed by atoms with Gasteiger partial charge in [-0.3, -0.25) is 4.79 Å². The number of carbonyl (C=O) groups excluding carboxylic acids is 1. The SMILES string of the molecule is Cc1cccc([C@H](Nc2ccccc2)[C@H]2CCCCC2=O)c1. The molecule has 114 valence electrons. The second kappa shape index (κ2) is 6.78. The normalized spacial score (nSPS) is 19.7. The molecule has 2 aromatic rings. The van der Waals surface area contributed by atoms with Gasteiger partial charge in [0.05, 0.1) is 6.04 Å². The van der Waals surface area contributed by atoms with E-state index in [1.54, 1.807) is 0 Å². The molecule has 0 aromatic heterocycles. The maximum atomic E-state index is 12.4. The smallest absolute Gasteiger partial charge is 0.138 e. The van der Waals surface area contributed by atoms with Crippen LogP contribution in [0.15, 0.2) is 54.6 Å². The molecule has 2 atom stereocenters. The molecule has 1 aliphatic carbocycles. The highest BCUT2D eigenvalue weighted by Gasteiger charge is 2.31. The van der Waals surface area contributed by atoms with Crippen LogP contribution in [-0.2, 0) is 4.79 Å². The quantitative estimate of drug-likeness (QED) is 0.868. The molecule has 1 N–H and O–H groups in total. The maximum absolute atomic E-state index is 12.4. The molecular formula is C20H23NO. The minimum absolute atomic E-state index is 0.0649. The Kier molecular flexibility index (Phi) is 4.57. The number of Topliss-reactive ketones (excluding diaryl/α,β-unsaturated/α-hetero) is 1. The van der Waals surface area contributed by atoms with E-state index < -0.39 is 0 Å². The van der Waals surface area contributed by atoms with Crippen molar-refractivity contribution >= 4 is 11.5 Å². The number of aryl methyl sites for hydroxylation is 1. The summed E-state index contributed by atoms with van der Waals surface area (Å²) in [5, 5.41) is 3.60. The van der Waals surface area contributed by atoms with Gasteiger partial charge < -0.3 is 5.32 Å². The Morgan fingerprint density at radius 2 is 1.86 bits per heavy atom. The number of benzene rings is 2. The highest BCUT2D eigenvalue weighted by Crippen LogP contribution is 2.35. The fourth-order valence-corrected chi connectivity index (χ4v) is 3.36. The molecule has 3 rings (SSSR count). The first-order valence-corrected chi connectivity index (χ1v) is 8.15. The van der Waals surface area contributed by atoms with Crippen LogP contribution in [0.4, 0.5) is 5.69 Å². The van der Waals surface area contributed by atoms with Gasteiger partial charge in [0.25, 0.3) is 0 Å². The van der Waals surface area contributed by atoms with Crippen LogP contribution < -0.4 is 5.32 Å². The molecule has 1 aliphatic rings. The first-order chi connectivity index (χ1) is 10.7. The molecule has 0 spiro atoms. The van der Waals surface area contributed by atoms with Gasteiger partial charge in [0.1, 0.15) is 5.78 Å². The zero-order chi connectivity index (χ0) is 15.4. The van der Waals surface area contributed by atoms with Crippen molar-refractivity contribution < 1.29 is 4.79 Å². The molecular weight excluding hydrogens is 270 g/mol. The molecule has 0 amide bonds. The monoisotopic (exact) mass is 293 g/mol. The molecule has 2 aromatic carbocycles. The van der Waals surface area contributed by atoms with Crippen LogP contribution in [0.1, 0.15) is 42.9 Å². The number of hydrogen-bond acceptors (Lipinski definition) is 2. The van der Waals surface area contributed by atoms with Gasteiger partial charge in [-0.25, -0.2) is 0 Å². The van der Waals surface area contributed by atoms with E-state index in [-0.39, 0.29) is 12.0 Å². The number of rotatable bonds is 4. The van der Waals surface area contributed by atoms with Crippen LogP contribution in [0.5, 0.6) is 0 Å². The second-order valence-corrected chi connectivity index (χ2v) is 6.22. The summed E-state index contributed by atoms with van der Waals surface area (Å²) in [4.78, 5) is 12.4. The average Bonchev–Trinajstić information content (AvgIpc) is 2.54. The zero-order valence-electron chi connectivity index (χ0n) is 13.1. The third-order valence-corrected chi connectivity index (χ3v) is 4.50. The lowest BCUT2D eigenvalue weighted by Gasteiger charge is -2.31. The molecule has 1 fully saturated rings. The summed E-state index contributed by atoms with van der Waals surface area (Å²) in [7, 11) is 0. The third-order valence-electron chi connectivity index (χ3n) is 4.50. The minimum Gasteiger partial charge on any atom is -0.378 e. The van der Waals surface area contributed by atoms with Gasteiger partial charge in [-0.1, -0.05) is 54.4 Å². The molecule has 2 heteroatoms. The predicted octanol–water partition coefficient (Wildman–Crippen LogP) is 4.91. The van der Waals surface area contributed by atoms with Crippen molar-refractivity contribution in [2.24, 2.45) is 5.92 Å². The first kappa shape index (κ1) is 14.8. The van der Waals surface area contributed by atoms with Gasteiger partial charge in [0.15, 0.2) is 0 Å². The number of para-hydroxylation sites is 1. The van der Waals surface area contributed by atoms with E-state index in [0.29, 0.717) is 5.78 Å². The fourth-order valence-electron chi connectivity index (χ4n) is 3.36. The van der Waals surface area contributed by atoms with E-state index in [1.165, 1.54) is 11.1 Å². The van der Waals surface area contributed by atoms with Crippen LogP contribution in [0.2, 0.25) is 0 Å². The number of ketones is 1. The van der Waals surface area contributed by atoms with Gasteiger partial charge in [0, 0.05) is 18.0 Å². The Bertz CT molecular complexity index is 635. The topological polar surface area (TPSA) is 29.1 Å². The number of anilines is 1. The Hall–Kier alpha value is -2.09. The highest BCUT2D eigenvalue weighted by molar-refractivity contribution is 5.83. The Labute approximate surface area is 132 Å². The Morgan fingerprint density at radius 3 is 2.59 bits per heavy atom. The predicted molar refractivity (Wildman–Crippen MR) is 90.9 cm³/mol. The van der Waals surface area contributed by atoms with Gasteiger partial charge in [-0.15, -0.1) is 0 Å². The standard InChI is InChI=1S/C20H23NO/c1-15-8-7-9-16(14-15)20(18-12-5-6-13-19(18)22)21-17-10-3-2-4-11-17/h2-4,7-11,14,18,20-21H,5-6,12-13H2,1H3/t18-,20-/m0/s1. The van der Waals surface area contributed by atoms with Crippen molar-refractivity contribution in [2.45, 2.75) is 38.6 Å². The average molecular weight is 293 g/mol. The van der Waals surface area contributed by atoms with E-state index >= 15 is 0 Å². The summed E-state index contributed by atoms with van der Waals surface area (Å²) in [6.07, 6.45) is 3.90. The van der Waals surface area contributed by atoms with Crippen LogP contribution in [0, 0.1) is 12.8 Å². The van der Waals surface area contributed by atoms with E-state index in [4.69, 9.17) is 0 Å². The zero-order valence-corrected chi connectivity index (χ0v) is 13.1. The molecule has 0 unspecified atom stereocenters. The Morgan fingerprint density at radius 1 is 1.05 bits per heavy atom. The van der Waals surface area contributed by atoms with Gasteiger partial charge >= 0.3 is 0 Å². The lowest BCUT2D eigenvalue weighted by molar-refractivity contribution is -0.125. The second-order valence-electron chi connectivity index (χ2n) is 6.22. The number of carbonyl (C=O) groups is 1. The first-order valence-electron chi connectivity index (χ1n) is 8.15. The van der Waals surface area contributed by atoms with Crippen LogP contribution in [-0.4, -0.2) is 5.78 Å². The molecule has 22 heavy (non-hydrogen) atoms. The van der Waals surface area contributed by atoms with Gasteiger partial charge in [-0.2, -0.15) is 0 Å². The largest absolute Gasteiger partial charge is 0.378 e. The lowest BCUT2D eigenvalue weighted by Crippen LogP contribution is -2.30. The molecule has 0 saturated heterocycles. The van der Waals surface area contributed by atoms with E-state index in [1.807, 2.05) is 18.2 Å². The van der Waals surface area contributed by atoms with Gasteiger partial charge in [0.2, 0.25) is 0 Å². The number of nitrogens with one attached hydrogen (secondary N) is 1. The van der Waals surface area contributed by atoms with Crippen LogP contribution in [0.3, 0.4) is 0 Å².